The highest BCUT2D eigenvalue weighted by atomic mass is 16.5. The Balaban J connectivity index is 1.66. The molecule has 0 fully saturated rings. The topological polar surface area (TPSA) is 12.5 Å². The van der Waals surface area contributed by atoms with Gasteiger partial charge in [-0.25, -0.2) is 0 Å². The molecule has 2 nitrogen and oxygen atoms in total. The van der Waals surface area contributed by atoms with Crippen LogP contribution in [-0.4, -0.2) is 25.1 Å². The highest BCUT2D eigenvalue weighted by Gasteiger charge is 2.05. The molecule has 0 saturated heterocycles. The lowest BCUT2D eigenvalue weighted by Crippen LogP contribution is -2.26. The molecule has 0 heterocycles. The van der Waals surface area contributed by atoms with E-state index in [4.69, 9.17) is 4.74 Å². The molecule has 0 aliphatic carbocycles. The van der Waals surface area contributed by atoms with Gasteiger partial charge >= 0.3 is 0 Å². The van der Waals surface area contributed by atoms with Gasteiger partial charge in [-0.05, 0) is 23.6 Å². The molecular weight excluding hydrogens is 330 g/mol. The molecule has 3 rings (SSSR count). The molecule has 0 aliphatic rings. The Hall–Kier alpha value is -2.84. The predicted molar refractivity (Wildman–Crippen MR) is 114 cm³/mol. The van der Waals surface area contributed by atoms with E-state index in [0.717, 1.165) is 37.4 Å². The van der Waals surface area contributed by atoms with Gasteiger partial charge in [-0.15, -0.1) is 0 Å². The first-order valence-electron chi connectivity index (χ1n) is 9.45. The van der Waals surface area contributed by atoms with Crippen molar-refractivity contribution in [3.05, 3.63) is 108 Å². The summed E-state index contributed by atoms with van der Waals surface area (Å²) >= 11 is 0. The Morgan fingerprint density at radius 1 is 0.778 bits per heavy atom. The maximum atomic E-state index is 5.44. The predicted octanol–water partition coefficient (Wildman–Crippen LogP) is 5.45. The first-order chi connectivity index (χ1) is 13.3. The van der Waals surface area contributed by atoms with E-state index < -0.39 is 0 Å². The number of hydrogen-bond donors (Lipinski definition) is 0. The van der Waals surface area contributed by atoms with Gasteiger partial charge in [0, 0.05) is 25.2 Å². The average Bonchev–Trinajstić information content (AvgIpc) is 2.73. The molecule has 0 saturated carbocycles. The minimum Gasteiger partial charge on any atom is -0.496 e. The fourth-order valence-electron chi connectivity index (χ4n) is 3.14. The van der Waals surface area contributed by atoms with Gasteiger partial charge < -0.3 is 4.74 Å². The van der Waals surface area contributed by atoms with Crippen molar-refractivity contribution in [1.82, 2.24) is 4.90 Å². The van der Waals surface area contributed by atoms with Crippen LogP contribution in [0.15, 0.2) is 91.0 Å². The fraction of sp³-hybridized carbons (Fsp3) is 0.200. The van der Waals surface area contributed by atoms with Gasteiger partial charge in [-0.1, -0.05) is 91.0 Å². The van der Waals surface area contributed by atoms with Gasteiger partial charge in [0.1, 0.15) is 5.75 Å². The van der Waals surface area contributed by atoms with Crippen LogP contribution in [0.2, 0.25) is 0 Å². The van der Waals surface area contributed by atoms with E-state index in [1.807, 2.05) is 18.2 Å². The van der Waals surface area contributed by atoms with Gasteiger partial charge in [-0.3, -0.25) is 4.90 Å². The van der Waals surface area contributed by atoms with Gasteiger partial charge in [-0.2, -0.15) is 0 Å². The van der Waals surface area contributed by atoms with E-state index in [1.165, 1.54) is 11.1 Å². The Bertz CT molecular complexity index is 827. The first kappa shape index (κ1) is 18.9. The van der Waals surface area contributed by atoms with E-state index in [-0.39, 0.29) is 0 Å². The monoisotopic (exact) mass is 357 g/mol. The van der Waals surface area contributed by atoms with Crippen molar-refractivity contribution in [3.63, 3.8) is 0 Å². The summed E-state index contributed by atoms with van der Waals surface area (Å²) < 4.78 is 5.44. The quantitative estimate of drug-likeness (QED) is 0.505. The maximum Gasteiger partial charge on any atom is 0.126 e. The van der Waals surface area contributed by atoms with Crippen molar-refractivity contribution in [2.45, 2.75) is 13.0 Å². The molecular formula is C25H27NO. The average molecular weight is 357 g/mol. The standard InChI is InChI=1S/C25H27NO/c1-27-25-17-9-8-15-24(25)16-10-19-26(21-23-13-6-3-7-14-23)20-18-22-11-4-2-5-12-22/h2-17H,18-21H2,1H3. The van der Waals surface area contributed by atoms with Crippen LogP contribution in [-0.2, 0) is 13.0 Å². The molecule has 0 spiro atoms. The molecule has 0 aliphatic heterocycles. The Labute approximate surface area is 162 Å². The number of benzene rings is 3. The van der Waals surface area contributed by atoms with Gasteiger partial charge in [0.05, 0.1) is 7.11 Å². The largest absolute Gasteiger partial charge is 0.496 e. The summed E-state index contributed by atoms with van der Waals surface area (Å²) in [7, 11) is 1.72. The molecule has 0 atom stereocenters. The lowest BCUT2D eigenvalue weighted by atomic mass is 10.1. The van der Waals surface area contributed by atoms with Gasteiger partial charge in [0.25, 0.3) is 0 Å². The molecule has 0 unspecified atom stereocenters. The highest BCUT2D eigenvalue weighted by Crippen LogP contribution is 2.18. The molecule has 0 aromatic heterocycles. The molecule has 3 aromatic carbocycles. The van der Waals surface area contributed by atoms with Crippen LogP contribution >= 0.6 is 0 Å². The van der Waals surface area contributed by atoms with E-state index in [1.54, 1.807) is 7.11 Å². The Morgan fingerprint density at radius 2 is 1.41 bits per heavy atom. The third-order valence-electron chi connectivity index (χ3n) is 4.61. The van der Waals surface area contributed by atoms with E-state index >= 15 is 0 Å². The number of methoxy groups -OCH3 is 1. The number of hydrogen-bond acceptors (Lipinski definition) is 2. The van der Waals surface area contributed by atoms with Crippen molar-refractivity contribution < 1.29 is 4.74 Å². The lowest BCUT2D eigenvalue weighted by Gasteiger charge is -2.21. The van der Waals surface area contributed by atoms with Crippen LogP contribution < -0.4 is 4.74 Å². The summed E-state index contributed by atoms with van der Waals surface area (Å²) in [5.74, 6) is 0.910. The van der Waals surface area contributed by atoms with Crippen molar-refractivity contribution >= 4 is 6.08 Å². The Morgan fingerprint density at radius 3 is 2.11 bits per heavy atom. The highest BCUT2D eigenvalue weighted by molar-refractivity contribution is 5.57. The van der Waals surface area contributed by atoms with Gasteiger partial charge in [0.2, 0.25) is 0 Å². The van der Waals surface area contributed by atoms with E-state index in [0.29, 0.717) is 0 Å². The third kappa shape index (κ3) is 6.12. The molecule has 0 amide bonds. The number of nitrogens with zero attached hydrogens (tertiary/aromatic N) is 1. The van der Waals surface area contributed by atoms with Crippen LogP contribution in [0.1, 0.15) is 16.7 Å². The second-order valence-electron chi connectivity index (χ2n) is 6.60. The molecule has 138 valence electrons. The van der Waals surface area contributed by atoms with Gasteiger partial charge in [0.15, 0.2) is 0 Å². The lowest BCUT2D eigenvalue weighted by molar-refractivity contribution is 0.298. The first-order valence-corrected chi connectivity index (χ1v) is 9.45. The minimum atomic E-state index is 0.903. The van der Waals surface area contributed by atoms with Crippen molar-refractivity contribution in [2.24, 2.45) is 0 Å². The van der Waals surface area contributed by atoms with Crippen LogP contribution in [0.25, 0.3) is 6.08 Å². The summed E-state index contributed by atoms with van der Waals surface area (Å²) in [5.41, 5.74) is 3.84. The number of para-hydroxylation sites is 1. The Kier molecular flexibility index (Phi) is 7.25. The summed E-state index contributed by atoms with van der Waals surface area (Å²) in [6.07, 6.45) is 5.43. The molecule has 0 N–H and O–H groups in total. The normalized spacial score (nSPS) is 11.2. The van der Waals surface area contributed by atoms with Crippen LogP contribution in [0.3, 0.4) is 0 Å². The maximum absolute atomic E-state index is 5.44. The van der Waals surface area contributed by atoms with Crippen molar-refractivity contribution in [2.75, 3.05) is 20.2 Å². The zero-order valence-corrected chi connectivity index (χ0v) is 15.9. The fourth-order valence-corrected chi connectivity index (χ4v) is 3.14. The van der Waals surface area contributed by atoms with E-state index in [9.17, 15) is 0 Å². The second-order valence-corrected chi connectivity index (χ2v) is 6.60. The summed E-state index contributed by atoms with van der Waals surface area (Å²) in [4.78, 5) is 2.48. The summed E-state index contributed by atoms with van der Waals surface area (Å²) in [5, 5.41) is 0. The molecule has 2 heteroatoms. The van der Waals surface area contributed by atoms with Crippen molar-refractivity contribution in [3.8, 4) is 5.75 Å². The summed E-state index contributed by atoms with van der Waals surface area (Å²) in [6, 6.07) is 29.5. The van der Waals surface area contributed by atoms with Crippen molar-refractivity contribution in [1.29, 1.82) is 0 Å². The second kappa shape index (κ2) is 10.3. The van der Waals surface area contributed by atoms with Crippen LogP contribution in [0.4, 0.5) is 0 Å². The molecule has 3 aromatic rings. The smallest absolute Gasteiger partial charge is 0.126 e. The van der Waals surface area contributed by atoms with Crippen LogP contribution in [0.5, 0.6) is 5.75 Å². The third-order valence-corrected chi connectivity index (χ3v) is 4.61. The number of ether oxygens (including phenoxy) is 1. The molecule has 0 bridgehead atoms. The zero-order chi connectivity index (χ0) is 18.7. The van der Waals surface area contributed by atoms with E-state index in [2.05, 4.69) is 83.8 Å². The zero-order valence-electron chi connectivity index (χ0n) is 15.9. The summed E-state index contributed by atoms with van der Waals surface area (Å²) in [6.45, 7) is 2.87. The SMILES string of the molecule is COc1ccccc1C=CCN(CCc1ccccc1)Cc1ccccc1. The molecule has 0 radical (unpaired) electrons. The minimum absolute atomic E-state index is 0.903. The van der Waals surface area contributed by atoms with Crippen LogP contribution in [0, 0.1) is 0 Å². The molecule has 27 heavy (non-hydrogen) atoms. The number of rotatable bonds is 9.